The average Bonchev–Trinajstić information content (AvgIpc) is 2.30. The molecule has 0 amide bonds. The molecule has 0 atom stereocenters. The highest BCUT2D eigenvalue weighted by Crippen LogP contribution is 2.39. The summed E-state index contributed by atoms with van der Waals surface area (Å²) in [5.74, 6) is 0.570. The molecule has 0 bridgehead atoms. The molecular weight excluding hydrogens is 245 g/mol. The number of hydrogen-bond acceptors (Lipinski definition) is 2. The maximum Gasteiger partial charge on any atom is 0.416 e. The van der Waals surface area contributed by atoms with Gasteiger partial charge in [0.05, 0.1) is 18.8 Å². The predicted molar refractivity (Wildman–Crippen MR) is 63.2 cm³/mol. The molecule has 5 heteroatoms. The van der Waals surface area contributed by atoms with Crippen LogP contribution >= 0.6 is 0 Å². The average molecular weight is 262 g/mol. The van der Waals surface area contributed by atoms with Gasteiger partial charge in [-0.25, -0.2) is 0 Å². The van der Waals surface area contributed by atoms with E-state index in [-0.39, 0.29) is 5.75 Å². The van der Waals surface area contributed by atoms with Crippen molar-refractivity contribution < 1.29 is 22.6 Å². The summed E-state index contributed by atoms with van der Waals surface area (Å²) in [6.07, 6.45) is -3.92. The van der Waals surface area contributed by atoms with Gasteiger partial charge in [0.2, 0.25) is 0 Å². The van der Waals surface area contributed by atoms with E-state index in [1.165, 1.54) is 0 Å². The van der Waals surface area contributed by atoms with Gasteiger partial charge in [0.15, 0.2) is 11.5 Å². The summed E-state index contributed by atoms with van der Waals surface area (Å²) < 4.78 is 48.9. The maximum atomic E-state index is 12.7. The van der Waals surface area contributed by atoms with Crippen molar-refractivity contribution in [3.63, 3.8) is 0 Å². The smallest absolute Gasteiger partial charge is 0.416 e. The number of benzene rings is 1. The lowest BCUT2D eigenvalue weighted by Crippen LogP contribution is -2.09. The summed E-state index contributed by atoms with van der Waals surface area (Å²) in [4.78, 5) is 0. The first kappa shape index (κ1) is 14.7. The highest BCUT2D eigenvalue weighted by molar-refractivity contribution is 5.50. The molecule has 0 heterocycles. The number of ether oxygens (including phenoxy) is 2. The van der Waals surface area contributed by atoms with Crippen molar-refractivity contribution >= 4 is 0 Å². The predicted octanol–water partition coefficient (Wildman–Crippen LogP) is 4.07. The number of halogens is 3. The van der Waals surface area contributed by atoms with Crippen LogP contribution in [0.5, 0.6) is 11.5 Å². The van der Waals surface area contributed by atoms with Crippen molar-refractivity contribution in [1.29, 1.82) is 0 Å². The Labute approximate surface area is 105 Å². The fourth-order valence-electron chi connectivity index (χ4n) is 1.66. The molecule has 0 aromatic heterocycles. The van der Waals surface area contributed by atoms with Gasteiger partial charge in [-0.2, -0.15) is 13.2 Å². The van der Waals surface area contributed by atoms with Gasteiger partial charge >= 0.3 is 6.18 Å². The summed E-state index contributed by atoms with van der Waals surface area (Å²) in [6.45, 7) is 5.98. The third-order valence-corrected chi connectivity index (χ3v) is 2.43. The molecule has 0 fully saturated rings. The Morgan fingerprint density at radius 2 is 1.61 bits per heavy atom. The van der Waals surface area contributed by atoms with E-state index in [4.69, 9.17) is 9.47 Å². The molecular formula is C13H17F3O2. The van der Waals surface area contributed by atoms with E-state index < -0.39 is 11.7 Å². The van der Waals surface area contributed by atoms with Crippen LogP contribution < -0.4 is 9.47 Å². The normalized spacial score (nSPS) is 11.4. The standard InChI is InChI=1S/C13H17F3O2/c1-4-9-7-10(13(14,15)16)8-11(17-5-2)12(9)18-6-3/h7-8H,4-6H2,1-3H3. The van der Waals surface area contributed by atoms with E-state index in [2.05, 4.69) is 0 Å². The second-order valence-electron chi connectivity index (χ2n) is 3.68. The van der Waals surface area contributed by atoms with Crippen molar-refractivity contribution in [3.8, 4) is 11.5 Å². The first-order valence-electron chi connectivity index (χ1n) is 5.93. The zero-order valence-electron chi connectivity index (χ0n) is 10.7. The summed E-state index contributed by atoms with van der Waals surface area (Å²) in [5, 5.41) is 0. The van der Waals surface area contributed by atoms with E-state index in [0.717, 1.165) is 12.1 Å². The Kier molecular flexibility index (Phi) is 4.87. The molecule has 2 nitrogen and oxygen atoms in total. The van der Waals surface area contributed by atoms with Crippen LogP contribution in [0.4, 0.5) is 13.2 Å². The largest absolute Gasteiger partial charge is 0.490 e. The minimum Gasteiger partial charge on any atom is -0.490 e. The van der Waals surface area contributed by atoms with E-state index in [9.17, 15) is 13.2 Å². The molecule has 0 radical (unpaired) electrons. The number of rotatable bonds is 5. The minimum absolute atomic E-state index is 0.158. The Morgan fingerprint density at radius 3 is 2.06 bits per heavy atom. The first-order valence-corrected chi connectivity index (χ1v) is 5.93. The molecule has 0 saturated carbocycles. The Balaban J connectivity index is 3.33. The zero-order valence-corrected chi connectivity index (χ0v) is 10.7. The van der Waals surface area contributed by atoms with Gasteiger partial charge in [0, 0.05) is 0 Å². The topological polar surface area (TPSA) is 18.5 Å². The molecule has 1 aromatic rings. The summed E-state index contributed by atoms with van der Waals surface area (Å²) >= 11 is 0. The Hall–Kier alpha value is -1.39. The number of hydrogen-bond donors (Lipinski definition) is 0. The molecule has 0 aliphatic rings. The number of alkyl halides is 3. The first-order chi connectivity index (χ1) is 8.43. The van der Waals surface area contributed by atoms with Crippen LogP contribution in [0.15, 0.2) is 12.1 Å². The molecule has 0 spiro atoms. The minimum atomic E-state index is -4.37. The molecule has 0 aliphatic carbocycles. The molecule has 1 aromatic carbocycles. The fraction of sp³-hybridized carbons (Fsp3) is 0.538. The Morgan fingerprint density at radius 1 is 1.00 bits per heavy atom. The van der Waals surface area contributed by atoms with Gasteiger partial charge in [-0.1, -0.05) is 6.92 Å². The fourth-order valence-corrected chi connectivity index (χ4v) is 1.66. The van der Waals surface area contributed by atoms with Crippen LogP contribution in [0.3, 0.4) is 0 Å². The van der Waals surface area contributed by atoms with Crippen molar-refractivity contribution in [2.24, 2.45) is 0 Å². The summed E-state index contributed by atoms with van der Waals surface area (Å²) in [5.41, 5.74) is -0.193. The third-order valence-electron chi connectivity index (χ3n) is 2.43. The Bertz CT molecular complexity index is 400. The molecule has 18 heavy (non-hydrogen) atoms. The van der Waals surface area contributed by atoms with Crippen LogP contribution in [-0.4, -0.2) is 13.2 Å². The van der Waals surface area contributed by atoms with E-state index >= 15 is 0 Å². The van der Waals surface area contributed by atoms with E-state index in [1.807, 2.05) is 0 Å². The lowest BCUT2D eigenvalue weighted by atomic mass is 10.1. The van der Waals surface area contributed by atoms with Crippen LogP contribution in [0, 0.1) is 0 Å². The van der Waals surface area contributed by atoms with Gasteiger partial charge in [-0.05, 0) is 38.0 Å². The second-order valence-corrected chi connectivity index (χ2v) is 3.68. The van der Waals surface area contributed by atoms with Gasteiger partial charge in [-0.3, -0.25) is 0 Å². The van der Waals surface area contributed by atoms with Gasteiger partial charge < -0.3 is 9.47 Å². The highest BCUT2D eigenvalue weighted by atomic mass is 19.4. The third kappa shape index (κ3) is 3.31. The van der Waals surface area contributed by atoms with Gasteiger partial charge in [-0.15, -0.1) is 0 Å². The van der Waals surface area contributed by atoms with E-state index in [0.29, 0.717) is 30.9 Å². The molecule has 0 saturated heterocycles. The summed E-state index contributed by atoms with van der Waals surface area (Å²) in [6, 6.07) is 2.11. The van der Waals surface area contributed by atoms with Crippen molar-refractivity contribution in [1.82, 2.24) is 0 Å². The highest BCUT2D eigenvalue weighted by Gasteiger charge is 2.32. The quantitative estimate of drug-likeness (QED) is 0.796. The summed E-state index contributed by atoms with van der Waals surface area (Å²) in [7, 11) is 0. The van der Waals surface area contributed by atoms with Crippen LogP contribution in [0.2, 0.25) is 0 Å². The maximum absolute atomic E-state index is 12.7. The molecule has 0 N–H and O–H groups in total. The molecule has 0 aliphatic heterocycles. The lowest BCUT2D eigenvalue weighted by molar-refractivity contribution is -0.137. The SMILES string of the molecule is CCOc1cc(C(F)(F)F)cc(CC)c1OCC. The molecule has 102 valence electrons. The van der Waals surface area contributed by atoms with Crippen LogP contribution in [0.1, 0.15) is 31.9 Å². The monoisotopic (exact) mass is 262 g/mol. The van der Waals surface area contributed by atoms with Gasteiger partial charge in [0.1, 0.15) is 0 Å². The zero-order chi connectivity index (χ0) is 13.8. The van der Waals surface area contributed by atoms with Crippen LogP contribution in [-0.2, 0) is 12.6 Å². The van der Waals surface area contributed by atoms with Crippen molar-refractivity contribution in [2.45, 2.75) is 33.4 Å². The molecule has 0 unspecified atom stereocenters. The van der Waals surface area contributed by atoms with Crippen LogP contribution in [0.25, 0.3) is 0 Å². The van der Waals surface area contributed by atoms with E-state index in [1.54, 1.807) is 20.8 Å². The number of aryl methyl sites for hydroxylation is 1. The van der Waals surface area contributed by atoms with Crippen molar-refractivity contribution in [2.75, 3.05) is 13.2 Å². The lowest BCUT2D eigenvalue weighted by Gasteiger charge is -2.17. The van der Waals surface area contributed by atoms with Gasteiger partial charge in [0.25, 0.3) is 0 Å². The van der Waals surface area contributed by atoms with Crippen molar-refractivity contribution in [3.05, 3.63) is 23.3 Å². The molecule has 1 rings (SSSR count). The second kappa shape index (κ2) is 5.98.